The third-order valence-corrected chi connectivity index (χ3v) is 13.2. The molecule has 0 amide bonds. The van der Waals surface area contributed by atoms with E-state index in [1.165, 1.54) is 0 Å². The van der Waals surface area contributed by atoms with E-state index in [0.717, 1.165) is 77.7 Å². The third-order valence-electron chi connectivity index (χ3n) is 13.2. The van der Waals surface area contributed by atoms with Crippen molar-refractivity contribution in [3.8, 4) is 66.8 Å². The molecule has 0 atom stereocenters. The Morgan fingerprint density at radius 3 is 0.633 bits per heavy atom. The zero-order valence-electron chi connectivity index (χ0n) is 36.0. The van der Waals surface area contributed by atoms with Gasteiger partial charge in [-0.15, -0.1) is 0 Å². The highest BCUT2D eigenvalue weighted by Gasteiger charge is 2.52. The minimum atomic E-state index is -0.464. The Balaban J connectivity index is 1.38. The summed E-state index contributed by atoms with van der Waals surface area (Å²) in [5.41, 5.74) is 13.9. The van der Waals surface area contributed by atoms with E-state index >= 15 is 0 Å². The zero-order valence-corrected chi connectivity index (χ0v) is 36.0. The molecule has 0 unspecified atom stereocenters. The number of rotatable bonds is 8. The van der Waals surface area contributed by atoms with Crippen LogP contribution in [0.5, 0.6) is 0 Å². The van der Waals surface area contributed by atoms with E-state index in [1.807, 2.05) is 0 Å². The Labute approximate surface area is 356 Å². The quantitative estimate of drug-likeness (QED) is 0.144. The maximum Gasteiger partial charge on any atom is 0.494 e. The lowest BCUT2D eigenvalue weighted by molar-refractivity contribution is 0.00578. The maximum absolute atomic E-state index is 6.52. The first-order valence-corrected chi connectivity index (χ1v) is 21.1. The van der Waals surface area contributed by atoms with Gasteiger partial charge in [-0.3, -0.25) is 0 Å². The molecule has 7 aromatic rings. The second-order valence-corrected chi connectivity index (χ2v) is 18.1. The van der Waals surface area contributed by atoms with Gasteiger partial charge < -0.3 is 18.6 Å². The van der Waals surface area contributed by atoms with Crippen LogP contribution in [0.15, 0.2) is 170 Å². The van der Waals surface area contributed by atoms with Crippen LogP contribution in [0, 0.1) is 0 Å². The van der Waals surface area contributed by atoms with Crippen LogP contribution in [0.3, 0.4) is 0 Å². The fourth-order valence-electron chi connectivity index (χ4n) is 8.47. The number of benzene rings is 7. The van der Waals surface area contributed by atoms with E-state index < -0.39 is 36.6 Å². The SMILES string of the molecule is CC1(C)OB(c2ccc(-c3c(-c4ccccc4)c(-c4ccccc4)c(-c4ccc(B5OC(C)(C)C(C)(C)O5)cc4)c(-c4ccccc4)c3-c3ccccc3)cc2)OC1(C)C. The summed E-state index contributed by atoms with van der Waals surface area (Å²) in [6.07, 6.45) is 0. The highest BCUT2D eigenvalue weighted by Crippen LogP contribution is 2.55. The van der Waals surface area contributed by atoms with Crippen molar-refractivity contribution >= 4 is 25.2 Å². The molecule has 6 heteroatoms. The first-order valence-electron chi connectivity index (χ1n) is 21.1. The molecule has 0 aliphatic carbocycles. The van der Waals surface area contributed by atoms with Crippen molar-refractivity contribution < 1.29 is 18.6 Å². The van der Waals surface area contributed by atoms with Gasteiger partial charge in [0.15, 0.2) is 0 Å². The van der Waals surface area contributed by atoms with Gasteiger partial charge in [0.25, 0.3) is 0 Å². The van der Waals surface area contributed by atoms with Crippen molar-refractivity contribution in [3.05, 3.63) is 170 Å². The first kappa shape index (κ1) is 39.9. The molecule has 0 bridgehead atoms. The third kappa shape index (κ3) is 7.06. The van der Waals surface area contributed by atoms with Crippen molar-refractivity contribution in [2.45, 2.75) is 77.8 Å². The molecule has 2 aliphatic heterocycles. The smallest absolute Gasteiger partial charge is 0.399 e. The van der Waals surface area contributed by atoms with E-state index in [9.17, 15) is 0 Å². The average molecular weight is 787 g/mol. The molecule has 7 aromatic carbocycles. The molecule has 2 heterocycles. The Hall–Kier alpha value is -5.49. The molecular weight excluding hydrogens is 734 g/mol. The predicted molar refractivity (Wildman–Crippen MR) is 250 cm³/mol. The normalized spacial score (nSPS) is 17.5. The van der Waals surface area contributed by atoms with E-state index in [4.69, 9.17) is 18.6 Å². The maximum atomic E-state index is 6.52. The lowest BCUT2D eigenvalue weighted by Crippen LogP contribution is -2.41. The molecular formula is C54H52B2O4. The summed E-state index contributed by atoms with van der Waals surface area (Å²) >= 11 is 0. The monoisotopic (exact) mass is 786 g/mol. The van der Waals surface area contributed by atoms with Gasteiger partial charge in [0.2, 0.25) is 0 Å². The topological polar surface area (TPSA) is 36.9 Å². The van der Waals surface area contributed by atoms with Gasteiger partial charge in [0.1, 0.15) is 0 Å². The Morgan fingerprint density at radius 1 is 0.250 bits per heavy atom. The van der Waals surface area contributed by atoms with E-state index in [-0.39, 0.29) is 0 Å². The molecule has 0 aromatic heterocycles. The van der Waals surface area contributed by atoms with Crippen LogP contribution in [0.4, 0.5) is 0 Å². The minimum Gasteiger partial charge on any atom is -0.399 e. The van der Waals surface area contributed by atoms with Gasteiger partial charge in [0.05, 0.1) is 22.4 Å². The number of hydrogen-bond acceptors (Lipinski definition) is 4. The molecule has 0 radical (unpaired) electrons. The van der Waals surface area contributed by atoms with Crippen molar-refractivity contribution in [3.63, 3.8) is 0 Å². The van der Waals surface area contributed by atoms with Crippen molar-refractivity contribution in [1.29, 1.82) is 0 Å². The highest BCUT2D eigenvalue weighted by molar-refractivity contribution is 6.62. The van der Waals surface area contributed by atoms with Crippen LogP contribution < -0.4 is 10.9 Å². The van der Waals surface area contributed by atoms with Crippen LogP contribution in [0.1, 0.15) is 55.4 Å². The largest absolute Gasteiger partial charge is 0.494 e. The van der Waals surface area contributed by atoms with Gasteiger partial charge in [-0.05, 0) is 133 Å². The second-order valence-electron chi connectivity index (χ2n) is 18.1. The van der Waals surface area contributed by atoms with Gasteiger partial charge in [-0.25, -0.2) is 0 Å². The lowest BCUT2D eigenvalue weighted by atomic mass is 9.72. The molecule has 0 saturated carbocycles. The molecule has 2 saturated heterocycles. The predicted octanol–water partition coefficient (Wildman–Crippen LogP) is 12.3. The van der Waals surface area contributed by atoms with Gasteiger partial charge >= 0.3 is 14.2 Å². The second kappa shape index (κ2) is 15.2. The van der Waals surface area contributed by atoms with Gasteiger partial charge in [-0.1, -0.05) is 170 Å². The van der Waals surface area contributed by atoms with E-state index in [0.29, 0.717) is 0 Å². The Morgan fingerprint density at radius 2 is 0.433 bits per heavy atom. The number of hydrogen-bond donors (Lipinski definition) is 0. The van der Waals surface area contributed by atoms with Crippen LogP contribution in [-0.4, -0.2) is 36.6 Å². The fraction of sp³-hybridized carbons (Fsp3) is 0.222. The van der Waals surface area contributed by atoms with Crippen molar-refractivity contribution in [2.75, 3.05) is 0 Å². The summed E-state index contributed by atoms with van der Waals surface area (Å²) in [5, 5.41) is 0. The molecule has 298 valence electrons. The first-order chi connectivity index (χ1) is 28.7. The summed E-state index contributed by atoms with van der Waals surface area (Å²) < 4.78 is 26.1. The fourth-order valence-corrected chi connectivity index (χ4v) is 8.47. The van der Waals surface area contributed by atoms with E-state index in [2.05, 4.69) is 225 Å². The zero-order chi connectivity index (χ0) is 41.9. The van der Waals surface area contributed by atoms with Crippen LogP contribution in [0.25, 0.3) is 66.8 Å². The molecule has 9 rings (SSSR count). The summed E-state index contributed by atoms with van der Waals surface area (Å²) in [5.74, 6) is 0. The average Bonchev–Trinajstić information content (AvgIpc) is 3.63. The standard InChI is InChI=1S/C54H52B2O4/c1-51(2)52(3,4)58-55(57-51)43-33-29-41(30-34-43)49-45(37-21-13-9-14-22-37)47(39-25-17-11-18-26-39)50(42-31-35-44(36-32-42)56-59-53(5,6)54(7,8)60-56)48(40-27-19-12-20-28-40)46(49)38-23-15-10-16-24-38/h9-36H,1-8H3. The van der Waals surface area contributed by atoms with Gasteiger partial charge in [-0.2, -0.15) is 0 Å². The molecule has 60 heavy (non-hydrogen) atoms. The van der Waals surface area contributed by atoms with Crippen molar-refractivity contribution in [1.82, 2.24) is 0 Å². The van der Waals surface area contributed by atoms with Gasteiger partial charge in [0, 0.05) is 0 Å². The Bertz CT molecular complexity index is 2300. The molecule has 0 spiro atoms. The van der Waals surface area contributed by atoms with Crippen LogP contribution >= 0.6 is 0 Å². The summed E-state index contributed by atoms with van der Waals surface area (Å²) in [4.78, 5) is 0. The summed E-state index contributed by atoms with van der Waals surface area (Å²) in [6, 6.07) is 61.1. The molecule has 2 aliphatic rings. The summed E-state index contributed by atoms with van der Waals surface area (Å²) in [6.45, 7) is 16.8. The molecule has 2 fully saturated rings. The van der Waals surface area contributed by atoms with Crippen LogP contribution in [-0.2, 0) is 18.6 Å². The molecule has 0 N–H and O–H groups in total. The highest BCUT2D eigenvalue weighted by atomic mass is 16.7. The van der Waals surface area contributed by atoms with E-state index in [1.54, 1.807) is 0 Å². The minimum absolute atomic E-state index is 0.440. The lowest BCUT2D eigenvalue weighted by Gasteiger charge is -2.32. The Kier molecular flexibility index (Phi) is 10.1. The van der Waals surface area contributed by atoms with Crippen molar-refractivity contribution in [2.24, 2.45) is 0 Å². The molecule has 4 nitrogen and oxygen atoms in total. The van der Waals surface area contributed by atoms with Crippen LogP contribution in [0.2, 0.25) is 0 Å². The summed E-state index contributed by atoms with van der Waals surface area (Å²) in [7, 11) is -0.929.